The lowest BCUT2D eigenvalue weighted by atomic mass is 9.75. The Bertz CT molecular complexity index is 599. The van der Waals surface area contributed by atoms with Crippen LogP contribution in [0.5, 0.6) is 5.75 Å². The number of nitrogens with one attached hydrogen (secondary N) is 1. The van der Waals surface area contributed by atoms with Crippen molar-refractivity contribution < 1.29 is 5.11 Å². The van der Waals surface area contributed by atoms with Gasteiger partial charge in [0.2, 0.25) is 0 Å². The highest BCUT2D eigenvalue weighted by Gasteiger charge is 2.30. The van der Waals surface area contributed by atoms with Crippen molar-refractivity contribution in [3.8, 4) is 5.75 Å². The Morgan fingerprint density at radius 3 is 2.48 bits per heavy atom. The molecule has 1 unspecified atom stereocenters. The second kappa shape index (κ2) is 5.90. The van der Waals surface area contributed by atoms with Gasteiger partial charge in [-0.15, -0.1) is 0 Å². The van der Waals surface area contributed by atoms with Gasteiger partial charge < -0.3 is 10.4 Å². The summed E-state index contributed by atoms with van der Waals surface area (Å²) >= 11 is 0. The normalized spacial score (nSPS) is 22.6. The summed E-state index contributed by atoms with van der Waals surface area (Å²) in [6, 6.07) is 17.3. The summed E-state index contributed by atoms with van der Waals surface area (Å²) in [7, 11) is 0. The number of phenolic OH excluding ortho intramolecular Hbond substituents is 1. The fourth-order valence-corrected chi connectivity index (χ4v) is 3.11. The van der Waals surface area contributed by atoms with Gasteiger partial charge in [0.05, 0.1) is 0 Å². The van der Waals surface area contributed by atoms with E-state index in [1.165, 1.54) is 24.0 Å². The number of rotatable bonds is 4. The average Bonchev–Trinajstić information content (AvgIpc) is 2.43. The van der Waals surface area contributed by atoms with Crippen LogP contribution in [0.25, 0.3) is 0 Å². The summed E-state index contributed by atoms with van der Waals surface area (Å²) in [5.74, 6) is 1.03. The molecule has 0 amide bonds. The molecule has 1 fully saturated rings. The van der Waals surface area contributed by atoms with E-state index in [1.807, 2.05) is 12.1 Å². The number of hydrogen-bond acceptors (Lipinski definition) is 2. The van der Waals surface area contributed by atoms with Gasteiger partial charge in [-0.05, 0) is 55.9 Å². The van der Waals surface area contributed by atoms with Crippen LogP contribution in [0, 0.1) is 6.92 Å². The molecule has 1 aliphatic carbocycles. The van der Waals surface area contributed by atoms with E-state index in [0.717, 1.165) is 5.56 Å². The minimum atomic E-state index is 0.279. The van der Waals surface area contributed by atoms with Crippen molar-refractivity contribution in [2.24, 2.45) is 0 Å². The number of aromatic hydroxyl groups is 1. The third kappa shape index (κ3) is 3.27. The van der Waals surface area contributed by atoms with Gasteiger partial charge in [-0.2, -0.15) is 0 Å². The van der Waals surface area contributed by atoms with Crippen molar-refractivity contribution in [2.75, 3.05) is 0 Å². The van der Waals surface area contributed by atoms with Gasteiger partial charge in [0.1, 0.15) is 5.75 Å². The molecule has 1 aliphatic rings. The molecule has 0 aromatic heterocycles. The van der Waals surface area contributed by atoms with Gasteiger partial charge in [-0.1, -0.05) is 42.0 Å². The van der Waals surface area contributed by atoms with Crippen molar-refractivity contribution in [1.29, 1.82) is 0 Å². The topological polar surface area (TPSA) is 32.3 Å². The van der Waals surface area contributed by atoms with E-state index in [1.54, 1.807) is 6.07 Å². The van der Waals surface area contributed by atoms with E-state index in [9.17, 15) is 5.11 Å². The lowest BCUT2D eigenvalue weighted by molar-refractivity contribution is 0.270. The molecule has 2 aromatic rings. The number of phenols is 1. The number of benzene rings is 2. The van der Waals surface area contributed by atoms with Crippen molar-refractivity contribution in [3.05, 3.63) is 65.2 Å². The smallest absolute Gasteiger partial charge is 0.115 e. The van der Waals surface area contributed by atoms with Crippen molar-refractivity contribution in [1.82, 2.24) is 5.32 Å². The third-order valence-electron chi connectivity index (χ3n) is 4.54. The Labute approximate surface area is 126 Å². The van der Waals surface area contributed by atoms with Crippen molar-refractivity contribution in [3.63, 3.8) is 0 Å². The zero-order valence-corrected chi connectivity index (χ0v) is 12.7. The molecule has 2 aromatic carbocycles. The molecular weight excluding hydrogens is 258 g/mol. The second-order valence-electron chi connectivity index (χ2n) is 6.26. The highest BCUT2D eigenvalue weighted by atomic mass is 16.3. The van der Waals surface area contributed by atoms with E-state index >= 15 is 0 Å². The first-order chi connectivity index (χ1) is 10.1. The zero-order chi connectivity index (χ0) is 14.8. The summed E-state index contributed by atoms with van der Waals surface area (Å²) in [5, 5.41) is 13.2. The van der Waals surface area contributed by atoms with E-state index in [2.05, 4.69) is 49.5 Å². The Hall–Kier alpha value is -1.80. The van der Waals surface area contributed by atoms with Gasteiger partial charge in [0.25, 0.3) is 0 Å². The molecule has 1 atom stereocenters. The van der Waals surface area contributed by atoms with Crippen molar-refractivity contribution in [2.45, 2.75) is 44.7 Å². The summed E-state index contributed by atoms with van der Waals surface area (Å²) < 4.78 is 0. The van der Waals surface area contributed by atoms with Crippen LogP contribution in [-0.4, -0.2) is 11.1 Å². The van der Waals surface area contributed by atoms with Crippen LogP contribution in [0.15, 0.2) is 48.5 Å². The van der Waals surface area contributed by atoms with Crippen LogP contribution in [0.1, 0.15) is 48.4 Å². The first kappa shape index (κ1) is 14.2. The molecule has 1 saturated carbocycles. The molecule has 2 N–H and O–H groups in total. The first-order valence-electron chi connectivity index (χ1n) is 7.73. The van der Waals surface area contributed by atoms with Gasteiger partial charge in [0, 0.05) is 12.1 Å². The molecule has 21 heavy (non-hydrogen) atoms. The third-order valence-corrected chi connectivity index (χ3v) is 4.54. The maximum absolute atomic E-state index is 9.55. The molecule has 0 saturated heterocycles. The molecule has 110 valence electrons. The van der Waals surface area contributed by atoms with E-state index in [0.29, 0.717) is 17.7 Å². The lowest BCUT2D eigenvalue weighted by Crippen LogP contribution is -2.41. The van der Waals surface area contributed by atoms with Crippen LogP contribution < -0.4 is 5.32 Å². The summed E-state index contributed by atoms with van der Waals surface area (Å²) in [5.41, 5.74) is 3.93. The second-order valence-corrected chi connectivity index (χ2v) is 6.26. The Balaban J connectivity index is 1.54. The first-order valence-corrected chi connectivity index (χ1v) is 7.73. The lowest BCUT2D eigenvalue weighted by Gasteiger charge is -2.38. The molecule has 2 heteroatoms. The van der Waals surface area contributed by atoms with Crippen LogP contribution in [0.2, 0.25) is 0 Å². The van der Waals surface area contributed by atoms with E-state index in [-0.39, 0.29) is 6.04 Å². The summed E-state index contributed by atoms with van der Waals surface area (Å²) in [6.45, 7) is 4.29. The molecule has 0 aliphatic heterocycles. The summed E-state index contributed by atoms with van der Waals surface area (Å²) in [4.78, 5) is 0. The molecule has 0 radical (unpaired) electrons. The highest BCUT2D eigenvalue weighted by molar-refractivity contribution is 5.30. The van der Waals surface area contributed by atoms with Gasteiger partial charge in [0.15, 0.2) is 0 Å². The monoisotopic (exact) mass is 281 g/mol. The largest absolute Gasteiger partial charge is 0.508 e. The van der Waals surface area contributed by atoms with Gasteiger partial charge in [-0.3, -0.25) is 0 Å². The quantitative estimate of drug-likeness (QED) is 0.876. The molecule has 0 bridgehead atoms. The standard InChI is InChI=1S/C19H23NO/c1-13-6-8-15(9-7-13)17-10-18(11-17)20-14(2)16-4-3-5-19(21)12-16/h3-9,12,14,17-18,20-21H,10-11H2,1-2H3. The fraction of sp³-hybridized carbons (Fsp3) is 0.368. The average molecular weight is 281 g/mol. The van der Waals surface area contributed by atoms with Crippen LogP contribution in [0.4, 0.5) is 0 Å². The fourth-order valence-electron chi connectivity index (χ4n) is 3.11. The van der Waals surface area contributed by atoms with Gasteiger partial charge >= 0.3 is 0 Å². The number of aryl methyl sites for hydroxylation is 1. The highest BCUT2D eigenvalue weighted by Crippen LogP contribution is 2.38. The summed E-state index contributed by atoms with van der Waals surface area (Å²) in [6.07, 6.45) is 2.40. The minimum absolute atomic E-state index is 0.279. The predicted octanol–water partition coefficient (Wildman–Crippen LogP) is 4.30. The Kier molecular flexibility index (Phi) is 3.98. The number of hydrogen-bond donors (Lipinski definition) is 2. The Morgan fingerprint density at radius 1 is 1.10 bits per heavy atom. The molecule has 3 rings (SSSR count). The van der Waals surface area contributed by atoms with Crippen LogP contribution in [-0.2, 0) is 0 Å². The SMILES string of the molecule is Cc1ccc(C2CC(NC(C)c3cccc(O)c3)C2)cc1. The van der Waals surface area contributed by atoms with Crippen LogP contribution >= 0.6 is 0 Å². The van der Waals surface area contributed by atoms with Gasteiger partial charge in [-0.25, -0.2) is 0 Å². The zero-order valence-electron chi connectivity index (χ0n) is 12.7. The predicted molar refractivity (Wildman–Crippen MR) is 86.6 cm³/mol. The molecule has 2 nitrogen and oxygen atoms in total. The van der Waals surface area contributed by atoms with Crippen molar-refractivity contribution >= 4 is 0 Å². The minimum Gasteiger partial charge on any atom is -0.508 e. The maximum Gasteiger partial charge on any atom is 0.115 e. The molecule has 0 spiro atoms. The van der Waals surface area contributed by atoms with E-state index < -0.39 is 0 Å². The maximum atomic E-state index is 9.55. The molecule has 0 heterocycles. The van der Waals surface area contributed by atoms with E-state index in [4.69, 9.17) is 0 Å². The molecular formula is C19H23NO. The Morgan fingerprint density at radius 2 is 1.81 bits per heavy atom. The van der Waals surface area contributed by atoms with Crippen LogP contribution in [0.3, 0.4) is 0 Å².